The third kappa shape index (κ3) is 3.44. The summed E-state index contributed by atoms with van der Waals surface area (Å²) in [6.07, 6.45) is 3.95. The van der Waals surface area contributed by atoms with Gasteiger partial charge in [0, 0.05) is 23.2 Å². The molecule has 28 heavy (non-hydrogen) atoms. The normalized spacial score (nSPS) is 32.2. The first-order chi connectivity index (χ1) is 13.6. The number of aromatic nitrogens is 3. The first-order valence-electron chi connectivity index (χ1n) is 9.93. The monoisotopic (exact) mass is 383 g/mol. The molecule has 0 unspecified atom stereocenters. The number of fused-ring (bicyclic) bond motifs is 3. The minimum absolute atomic E-state index is 0.0749. The van der Waals surface area contributed by atoms with Crippen LogP contribution in [0, 0.1) is 0 Å². The van der Waals surface area contributed by atoms with Gasteiger partial charge in [-0.1, -0.05) is 13.0 Å². The summed E-state index contributed by atoms with van der Waals surface area (Å²) in [4.78, 5) is 16.9. The van der Waals surface area contributed by atoms with Crippen LogP contribution in [0.2, 0.25) is 0 Å². The average molecular weight is 383 g/mol. The Hall–Kier alpha value is -2.61. The molecular formula is C20H25N5O3. The van der Waals surface area contributed by atoms with Crippen molar-refractivity contribution in [2.24, 2.45) is 0 Å². The van der Waals surface area contributed by atoms with Crippen molar-refractivity contribution in [1.29, 1.82) is 0 Å². The summed E-state index contributed by atoms with van der Waals surface area (Å²) < 4.78 is 11.6. The van der Waals surface area contributed by atoms with Crippen LogP contribution in [0.1, 0.15) is 50.4 Å². The molecule has 2 atom stereocenters. The van der Waals surface area contributed by atoms with Gasteiger partial charge in [0.15, 0.2) is 5.82 Å². The number of pyridine rings is 1. The first-order valence-corrected chi connectivity index (χ1v) is 9.93. The van der Waals surface area contributed by atoms with Gasteiger partial charge in [-0.2, -0.15) is 5.10 Å². The van der Waals surface area contributed by atoms with Crippen LogP contribution in [-0.4, -0.2) is 39.5 Å². The molecule has 2 aliphatic heterocycles. The molecule has 1 amide bonds. The maximum Gasteiger partial charge on any atom is 0.407 e. The van der Waals surface area contributed by atoms with Gasteiger partial charge in [0.05, 0.1) is 18.4 Å². The van der Waals surface area contributed by atoms with Gasteiger partial charge in [-0.3, -0.25) is 5.10 Å². The van der Waals surface area contributed by atoms with Crippen LogP contribution < -0.4 is 10.6 Å². The Morgan fingerprint density at radius 3 is 3.00 bits per heavy atom. The number of nitrogens with one attached hydrogen (secondary N) is 3. The van der Waals surface area contributed by atoms with Crippen molar-refractivity contribution in [3.63, 3.8) is 0 Å². The van der Waals surface area contributed by atoms with E-state index in [-0.39, 0.29) is 29.8 Å². The number of amides is 1. The zero-order valence-corrected chi connectivity index (χ0v) is 15.9. The molecule has 6 rings (SSSR count). The van der Waals surface area contributed by atoms with Gasteiger partial charge in [0.2, 0.25) is 0 Å². The highest BCUT2D eigenvalue weighted by Gasteiger charge is 2.40. The smallest absolute Gasteiger partial charge is 0.407 e. The van der Waals surface area contributed by atoms with E-state index >= 15 is 0 Å². The number of rotatable bonds is 0. The standard InChI is InChI=1S/C20H25N5O3/c1-20-6-5-14(10-20)28-19(26)22-13-7-15(8-13)27-11-12-3-2-4-17(21-12)23-18-9-16(20)24-25-18/h2-4,9,13-15H,5-8,10-11H2,1H3,(H,22,26)(H2,21,23,24,25)/t13?,14-,15?,20+/m1/s1. The van der Waals surface area contributed by atoms with Crippen molar-refractivity contribution >= 4 is 17.7 Å². The van der Waals surface area contributed by atoms with Crippen molar-refractivity contribution in [2.45, 2.75) is 69.3 Å². The molecule has 4 aliphatic rings. The number of carbonyl (C=O) groups excluding carboxylic acids is 1. The lowest BCUT2D eigenvalue weighted by Crippen LogP contribution is -2.48. The van der Waals surface area contributed by atoms with Crippen molar-refractivity contribution < 1.29 is 14.3 Å². The Balaban J connectivity index is 1.40. The van der Waals surface area contributed by atoms with E-state index in [9.17, 15) is 4.79 Å². The van der Waals surface area contributed by atoms with Crippen molar-refractivity contribution in [1.82, 2.24) is 20.5 Å². The molecule has 4 heterocycles. The molecular weight excluding hydrogens is 358 g/mol. The fourth-order valence-corrected chi connectivity index (χ4v) is 4.36. The lowest BCUT2D eigenvalue weighted by Gasteiger charge is -2.35. The zero-order valence-electron chi connectivity index (χ0n) is 15.9. The van der Waals surface area contributed by atoms with E-state index in [1.165, 1.54) is 0 Å². The van der Waals surface area contributed by atoms with Gasteiger partial charge < -0.3 is 20.1 Å². The molecule has 2 fully saturated rings. The second-order valence-electron chi connectivity index (χ2n) is 8.38. The lowest BCUT2D eigenvalue weighted by molar-refractivity contribution is -0.0283. The summed E-state index contributed by atoms with van der Waals surface area (Å²) in [7, 11) is 0. The fraction of sp³-hybridized carbons (Fsp3) is 0.550. The number of ether oxygens (including phenoxy) is 2. The molecule has 2 aliphatic carbocycles. The molecule has 8 bridgehead atoms. The highest BCUT2D eigenvalue weighted by Crippen LogP contribution is 2.42. The van der Waals surface area contributed by atoms with E-state index in [4.69, 9.17) is 9.47 Å². The van der Waals surface area contributed by atoms with Crippen LogP contribution in [0.4, 0.5) is 16.4 Å². The van der Waals surface area contributed by atoms with E-state index in [1.807, 2.05) is 24.3 Å². The highest BCUT2D eigenvalue weighted by atomic mass is 16.6. The molecule has 8 nitrogen and oxygen atoms in total. The second-order valence-corrected chi connectivity index (χ2v) is 8.38. The summed E-state index contributed by atoms with van der Waals surface area (Å²) in [6, 6.07) is 7.98. The van der Waals surface area contributed by atoms with Crippen LogP contribution in [0.25, 0.3) is 0 Å². The number of alkyl carbamates (subject to hydrolysis) is 1. The summed E-state index contributed by atoms with van der Waals surface area (Å²) >= 11 is 0. The number of carbonyl (C=O) groups is 1. The highest BCUT2D eigenvalue weighted by molar-refractivity contribution is 5.68. The van der Waals surface area contributed by atoms with Crippen LogP contribution >= 0.6 is 0 Å². The summed E-state index contributed by atoms with van der Waals surface area (Å²) in [6.45, 7) is 2.64. The second kappa shape index (κ2) is 6.77. The van der Waals surface area contributed by atoms with Crippen molar-refractivity contribution in [3.8, 4) is 0 Å². The molecule has 2 aromatic heterocycles. The Labute approximate surface area is 163 Å². The number of H-pyrrole nitrogens is 1. The van der Waals surface area contributed by atoms with Gasteiger partial charge in [0.25, 0.3) is 0 Å². The van der Waals surface area contributed by atoms with Gasteiger partial charge in [-0.05, 0) is 44.2 Å². The van der Waals surface area contributed by atoms with E-state index in [1.54, 1.807) is 0 Å². The molecule has 2 aromatic rings. The van der Waals surface area contributed by atoms with Crippen LogP contribution in [0.5, 0.6) is 0 Å². The topological polar surface area (TPSA) is 101 Å². The number of anilines is 2. The van der Waals surface area contributed by atoms with E-state index in [2.05, 4.69) is 32.7 Å². The minimum atomic E-state index is -0.319. The van der Waals surface area contributed by atoms with Gasteiger partial charge in [0.1, 0.15) is 11.9 Å². The van der Waals surface area contributed by atoms with E-state index in [0.29, 0.717) is 6.61 Å². The zero-order chi connectivity index (χ0) is 19.1. The number of hydrogen-bond acceptors (Lipinski definition) is 6. The number of aromatic amines is 1. The first kappa shape index (κ1) is 17.5. The predicted molar refractivity (Wildman–Crippen MR) is 102 cm³/mol. The third-order valence-electron chi connectivity index (χ3n) is 6.14. The van der Waals surface area contributed by atoms with Gasteiger partial charge >= 0.3 is 6.09 Å². The van der Waals surface area contributed by atoms with Gasteiger partial charge in [-0.15, -0.1) is 0 Å². The molecule has 8 heteroatoms. The predicted octanol–water partition coefficient (Wildman–Crippen LogP) is 3.15. The summed E-state index contributed by atoms with van der Waals surface area (Å²) in [5, 5.41) is 13.8. The van der Waals surface area contributed by atoms with Crippen LogP contribution in [-0.2, 0) is 21.5 Å². The summed E-state index contributed by atoms with van der Waals surface area (Å²) in [5.74, 6) is 1.48. The maximum absolute atomic E-state index is 12.2. The minimum Gasteiger partial charge on any atom is -0.446 e. The molecule has 3 N–H and O–H groups in total. The Morgan fingerprint density at radius 2 is 2.11 bits per heavy atom. The molecule has 2 saturated carbocycles. The molecule has 0 spiro atoms. The van der Waals surface area contributed by atoms with E-state index in [0.717, 1.165) is 55.1 Å². The lowest BCUT2D eigenvalue weighted by atomic mass is 9.85. The Morgan fingerprint density at radius 1 is 1.21 bits per heavy atom. The largest absolute Gasteiger partial charge is 0.446 e. The van der Waals surface area contributed by atoms with Crippen LogP contribution in [0.15, 0.2) is 24.3 Å². The quantitative estimate of drug-likeness (QED) is 0.646. The van der Waals surface area contributed by atoms with E-state index < -0.39 is 0 Å². The maximum atomic E-state index is 12.2. The Kier molecular flexibility index (Phi) is 4.23. The van der Waals surface area contributed by atoms with Crippen molar-refractivity contribution in [3.05, 3.63) is 35.7 Å². The fourth-order valence-electron chi connectivity index (χ4n) is 4.36. The summed E-state index contributed by atoms with van der Waals surface area (Å²) in [5.41, 5.74) is 1.82. The molecule has 0 aromatic carbocycles. The molecule has 148 valence electrons. The molecule has 0 saturated heterocycles. The van der Waals surface area contributed by atoms with Gasteiger partial charge in [-0.25, -0.2) is 9.78 Å². The SMILES string of the molecule is C[C@]12CC[C@H](C1)OC(=O)NC1CC(C1)OCc1cccc(n1)Nc1cc2[nH]n1. The number of nitrogens with zero attached hydrogens (tertiary/aromatic N) is 2. The number of hydrogen-bond donors (Lipinski definition) is 3. The van der Waals surface area contributed by atoms with Crippen LogP contribution in [0.3, 0.4) is 0 Å². The Bertz CT molecular complexity index is 878. The molecule has 0 radical (unpaired) electrons. The van der Waals surface area contributed by atoms with Crippen molar-refractivity contribution in [2.75, 3.05) is 5.32 Å². The third-order valence-corrected chi connectivity index (χ3v) is 6.14. The average Bonchev–Trinajstić information content (AvgIpc) is 3.24.